The first-order valence-corrected chi connectivity index (χ1v) is 7.33. The molecule has 0 amide bonds. The lowest BCUT2D eigenvalue weighted by molar-refractivity contribution is 0.0600. The van der Waals surface area contributed by atoms with Crippen LogP contribution in [0.1, 0.15) is 15.9 Å². The maximum absolute atomic E-state index is 14.0. The molecule has 7 heteroatoms. The molecule has 2 aromatic carbocycles. The second kappa shape index (κ2) is 6.80. The Morgan fingerprint density at radius 3 is 2.48 bits per heavy atom. The number of aromatic nitrogens is 2. The number of esters is 1. The van der Waals surface area contributed by atoms with Crippen LogP contribution in [0.2, 0.25) is 0 Å². The molecule has 0 aliphatic carbocycles. The molecule has 0 radical (unpaired) electrons. The van der Waals surface area contributed by atoms with Gasteiger partial charge in [0.2, 0.25) is 0 Å². The van der Waals surface area contributed by atoms with Gasteiger partial charge in [-0.15, -0.1) is 0 Å². The number of nitrogens with zero attached hydrogens (tertiary/aromatic N) is 2. The van der Waals surface area contributed by atoms with Crippen molar-refractivity contribution in [3.63, 3.8) is 0 Å². The molecular formula is C18H13F3N2O2. The van der Waals surface area contributed by atoms with Crippen molar-refractivity contribution < 1.29 is 22.7 Å². The number of methoxy groups -OCH3 is 1. The number of rotatable bonds is 4. The minimum Gasteiger partial charge on any atom is -0.465 e. The van der Waals surface area contributed by atoms with Crippen molar-refractivity contribution in [1.29, 1.82) is 0 Å². The predicted molar refractivity (Wildman–Crippen MR) is 84.4 cm³/mol. The van der Waals surface area contributed by atoms with Crippen molar-refractivity contribution in [2.24, 2.45) is 0 Å². The molecule has 0 fully saturated rings. The Bertz CT molecular complexity index is 921. The molecule has 0 aliphatic heterocycles. The zero-order valence-electron chi connectivity index (χ0n) is 13.2. The van der Waals surface area contributed by atoms with Crippen molar-refractivity contribution in [2.75, 3.05) is 7.11 Å². The summed E-state index contributed by atoms with van der Waals surface area (Å²) in [5, 5.41) is 0. The largest absolute Gasteiger partial charge is 0.465 e. The Balaban J connectivity index is 1.90. The summed E-state index contributed by atoms with van der Waals surface area (Å²) < 4.78 is 46.8. The quantitative estimate of drug-likeness (QED) is 0.533. The normalized spacial score (nSPS) is 10.7. The lowest BCUT2D eigenvalue weighted by Gasteiger charge is -2.10. The highest BCUT2D eigenvalue weighted by atomic mass is 19.2. The first-order chi connectivity index (χ1) is 12.0. The molecule has 0 aliphatic rings. The van der Waals surface area contributed by atoms with E-state index in [9.17, 15) is 18.0 Å². The van der Waals surface area contributed by atoms with Gasteiger partial charge < -0.3 is 9.30 Å². The number of benzene rings is 2. The van der Waals surface area contributed by atoms with Crippen molar-refractivity contribution in [2.45, 2.75) is 6.54 Å². The first-order valence-electron chi connectivity index (χ1n) is 7.33. The highest BCUT2D eigenvalue weighted by Gasteiger charge is 2.18. The minimum absolute atomic E-state index is 0.130. The van der Waals surface area contributed by atoms with Crippen LogP contribution in [0.15, 0.2) is 48.8 Å². The molecule has 128 valence electrons. The van der Waals surface area contributed by atoms with Crippen LogP contribution >= 0.6 is 0 Å². The SMILES string of the molecule is COC(=O)c1ccc(Cn2ccnc2-c2ccc(F)c(F)c2F)cc1. The van der Waals surface area contributed by atoms with E-state index in [4.69, 9.17) is 0 Å². The van der Waals surface area contributed by atoms with Gasteiger partial charge in [0.05, 0.1) is 18.2 Å². The second-order valence-electron chi connectivity index (χ2n) is 5.29. The molecule has 3 aromatic rings. The van der Waals surface area contributed by atoms with Crippen LogP contribution in [0.4, 0.5) is 13.2 Å². The molecule has 0 N–H and O–H groups in total. The highest BCUT2D eigenvalue weighted by molar-refractivity contribution is 5.89. The van der Waals surface area contributed by atoms with Gasteiger partial charge in [0, 0.05) is 18.9 Å². The standard InChI is InChI=1S/C18H13F3N2O2/c1-25-18(24)12-4-2-11(3-5-12)10-23-9-8-22-17(23)13-6-7-14(19)16(21)15(13)20/h2-9H,10H2,1H3. The Kier molecular flexibility index (Phi) is 4.56. The molecule has 0 bridgehead atoms. The number of halogens is 3. The van der Waals surface area contributed by atoms with E-state index in [1.807, 2.05) is 0 Å². The molecule has 0 saturated carbocycles. The summed E-state index contributed by atoms with van der Waals surface area (Å²) in [5.41, 5.74) is 1.09. The van der Waals surface area contributed by atoms with Crippen molar-refractivity contribution >= 4 is 5.97 Å². The molecule has 0 unspecified atom stereocenters. The van der Waals surface area contributed by atoms with Gasteiger partial charge in [0.15, 0.2) is 17.5 Å². The molecule has 0 saturated heterocycles. The second-order valence-corrected chi connectivity index (χ2v) is 5.29. The minimum atomic E-state index is -1.53. The molecule has 0 spiro atoms. The van der Waals surface area contributed by atoms with Crippen molar-refractivity contribution in [1.82, 2.24) is 9.55 Å². The third-order valence-electron chi connectivity index (χ3n) is 3.72. The van der Waals surface area contributed by atoms with Crippen LogP contribution in [0, 0.1) is 17.5 Å². The van der Waals surface area contributed by atoms with Gasteiger partial charge in [0.1, 0.15) is 5.82 Å². The average molecular weight is 346 g/mol. The highest BCUT2D eigenvalue weighted by Crippen LogP contribution is 2.25. The van der Waals surface area contributed by atoms with Gasteiger partial charge in [-0.05, 0) is 29.8 Å². The fourth-order valence-electron chi connectivity index (χ4n) is 2.44. The summed E-state index contributed by atoms with van der Waals surface area (Å²) in [6, 6.07) is 8.66. The van der Waals surface area contributed by atoms with Gasteiger partial charge in [-0.3, -0.25) is 0 Å². The van der Waals surface area contributed by atoms with Crippen LogP contribution < -0.4 is 0 Å². The van der Waals surface area contributed by atoms with Gasteiger partial charge in [-0.25, -0.2) is 22.9 Å². The number of imidazole rings is 1. The number of hydrogen-bond donors (Lipinski definition) is 0. The number of carbonyl (C=O) groups excluding carboxylic acids is 1. The van der Waals surface area contributed by atoms with E-state index in [1.54, 1.807) is 35.0 Å². The van der Waals surface area contributed by atoms with Crippen LogP contribution in [-0.4, -0.2) is 22.6 Å². The van der Waals surface area contributed by atoms with Crippen LogP contribution in [0.25, 0.3) is 11.4 Å². The van der Waals surface area contributed by atoms with Gasteiger partial charge in [0.25, 0.3) is 0 Å². The summed E-state index contributed by atoms with van der Waals surface area (Å²) in [7, 11) is 1.30. The van der Waals surface area contributed by atoms with Crippen molar-refractivity contribution in [3.05, 3.63) is 77.4 Å². The molecule has 1 heterocycles. The summed E-state index contributed by atoms with van der Waals surface area (Å²) in [6.07, 6.45) is 3.04. The fraction of sp³-hybridized carbons (Fsp3) is 0.111. The Hall–Kier alpha value is -3.09. The smallest absolute Gasteiger partial charge is 0.337 e. The van der Waals surface area contributed by atoms with E-state index in [1.165, 1.54) is 13.3 Å². The van der Waals surface area contributed by atoms with E-state index < -0.39 is 23.4 Å². The zero-order valence-corrected chi connectivity index (χ0v) is 13.2. The van der Waals surface area contributed by atoms with Gasteiger partial charge in [-0.1, -0.05) is 12.1 Å². The van der Waals surface area contributed by atoms with Crippen molar-refractivity contribution in [3.8, 4) is 11.4 Å². The third-order valence-corrected chi connectivity index (χ3v) is 3.72. The Morgan fingerprint density at radius 2 is 1.80 bits per heavy atom. The third kappa shape index (κ3) is 3.26. The number of ether oxygens (including phenoxy) is 1. The molecule has 25 heavy (non-hydrogen) atoms. The van der Waals surface area contributed by atoms with Crippen LogP contribution in [0.3, 0.4) is 0 Å². The Labute approximate surface area is 141 Å². The maximum Gasteiger partial charge on any atom is 0.337 e. The van der Waals surface area contributed by atoms with E-state index >= 15 is 0 Å². The van der Waals surface area contributed by atoms with E-state index in [-0.39, 0.29) is 11.4 Å². The van der Waals surface area contributed by atoms with Crippen LogP contribution in [-0.2, 0) is 11.3 Å². The average Bonchev–Trinajstić information content (AvgIpc) is 3.07. The summed E-state index contributed by atoms with van der Waals surface area (Å²) in [4.78, 5) is 15.5. The molecule has 0 atom stereocenters. The molecule has 3 rings (SSSR count). The van der Waals surface area contributed by atoms with Gasteiger partial charge >= 0.3 is 5.97 Å². The molecule has 4 nitrogen and oxygen atoms in total. The zero-order chi connectivity index (χ0) is 18.0. The monoisotopic (exact) mass is 346 g/mol. The van der Waals surface area contributed by atoms with E-state index in [2.05, 4.69) is 9.72 Å². The summed E-state index contributed by atoms with van der Waals surface area (Å²) >= 11 is 0. The van der Waals surface area contributed by atoms with E-state index in [0.717, 1.165) is 17.7 Å². The van der Waals surface area contributed by atoms with Gasteiger partial charge in [-0.2, -0.15) is 0 Å². The number of carbonyl (C=O) groups is 1. The van der Waals surface area contributed by atoms with E-state index in [0.29, 0.717) is 12.1 Å². The topological polar surface area (TPSA) is 44.1 Å². The molecule has 1 aromatic heterocycles. The summed E-state index contributed by atoms with van der Waals surface area (Å²) in [5.74, 6) is -4.34. The lowest BCUT2D eigenvalue weighted by atomic mass is 10.1. The fourth-order valence-corrected chi connectivity index (χ4v) is 2.44. The first kappa shape index (κ1) is 16.8. The predicted octanol–water partition coefficient (Wildman–Crippen LogP) is 3.80. The molecular weight excluding hydrogens is 333 g/mol. The Morgan fingerprint density at radius 1 is 1.08 bits per heavy atom. The maximum atomic E-state index is 14.0. The van der Waals surface area contributed by atoms with Crippen LogP contribution in [0.5, 0.6) is 0 Å². The summed E-state index contributed by atoms with van der Waals surface area (Å²) in [6.45, 7) is 0.315. The number of hydrogen-bond acceptors (Lipinski definition) is 3. The lowest BCUT2D eigenvalue weighted by Crippen LogP contribution is -2.05.